The van der Waals surface area contributed by atoms with Crippen LogP contribution < -0.4 is 0 Å². The van der Waals surface area contributed by atoms with Crippen LogP contribution >= 0.6 is 0 Å². The molecule has 0 N–H and O–H groups in total. The summed E-state index contributed by atoms with van der Waals surface area (Å²) < 4.78 is 26.5. The molecule has 0 fully saturated rings. The van der Waals surface area contributed by atoms with Gasteiger partial charge in [0.15, 0.2) is 0 Å². The third-order valence-corrected chi connectivity index (χ3v) is 5.89. The van der Waals surface area contributed by atoms with Gasteiger partial charge in [-0.05, 0) is 29.7 Å². The van der Waals surface area contributed by atoms with E-state index in [2.05, 4.69) is 39.8 Å². The summed E-state index contributed by atoms with van der Waals surface area (Å²) in [5.74, 6) is 2.46. The first-order valence-corrected chi connectivity index (χ1v) is 11.8. The Bertz CT molecular complexity index is 546. The summed E-state index contributed by atoms with van der Waals surface area (Å²) in [6.07, 6.45) is 10.0. The van der Waals surface area contributed by atoms with Gasteiger partial charge in [-0.2, -0.15) is 0 Å². The largest absolute Gasteiger partial charge is 0.272 e. The summed E-state index contributed by atoms with van der Waals surface area (Å²) in [4.78, 5) is 0. The molecule has 1 rings (SSSR count). The standard InChI is InChI=1S/C23H40O3S/c1-19(2)10-8-11-20(3)12-9-13-21(4)16-17-23(18-26-27(24)25)22-14-6-5-7-15-22/h5-7,14-15,19-21,23,27H,8-13,16-18H2,1-4H3. The van der Waals surface area contributed by atoms with Gasteiger partial charge >= 0.3 is 0 Å². The maximum Gasteiger partial charge on any atom is 0.257 e. The number of rotatable bonds is 15. The van der Waals surface area contributed by atoms with Crippen molar-refractivity contribution >= 4 is 11.0 Å². The van der Waals surface area contributed by atoms with Crippen molar-refractivity contribution in [2.45, 2.75) is 85.0 Å². The van der Waals surface area contributed by atoms with E-state index in [9.17, 15) is 8.42 Å². The van der Waals surface area contributed by atoms with Gasteiger partial charge in [0.1, 0.15) is 0 Å². The van der Waals surface area contributed by atoms with Gasteiger partial charge in [-0.3, -0.25) is 4.18 Å². The van der Waals surface area contributed by atoms with E-state index in [1.807, 2.05) is 18.2 Å². The van der Waals surface area contributed by atoms with Crippen LogP contribution in [0.2, 0.25) is 0 Å². The Morgan fingerprint density at radius 2 is 1.33 bits per heavy atom. The molecule has 3 unspecified atom stereocenters. The zero-order valence-electron chi connectivity index (χ0n) is 17.7. The highest BCUT2D eigenvalue weighted by molar-refractivity contribution is 7.67. The lowest BCUT2D eigenvalue weighted by molar-refractivity contribution is 0.285. The summed E-state index contributed by atoms with van der Waals surface area (Å²) in [7, 11) is -2.78. The lowest BCUT2D eigenvalue weighted by atomic mass is 9.88. The third-order valence-electron chi connectivity index (χ3n) is 5.53. The quantitative estimate of drug-likeness (QED) is 0.351. The predicted octanol–water partition coefficient (Wildman–Crippen LogP) is 6.36. The fourth-order valence-electron chi connectivity index (χ4n) is 3.69. The minimum atomic E-state index is -2.78. The van der Waals surface area contributed by atoms with Gasteiger partial charge < -0.3 is 0 Å². The molecule has 0 bridgehead atoms. The van der Waals surface area contributed by atoms with E-state index in [4.69, 9.17) is 4.18 Å². The Hall–Kier alpha value is -0.870. The summed E-state index contributed by atoms with van der Waals surface area (Å²) in [5.41, 5.74) is 1.17. The SMILES string of the molecule is CC(C)CCCC(C)CCCC(C)CCC(CO[SH](=O)=O)c1ccccc1. The van der Waals surface area contributed by atoms with Crippen molar-refractivity contribution in [1.29, 1.82) is 0 Å². The number of thiol groups is 1. The second-order valence-electron chi connectivity index (χ2n) is 8.67. The summed E-state index contributed by atoms with van der Waals surface area (Å²) in [5, 5.41) is 0. The van der Waals surface area contributed by atoms with Gasteiger partial charge in [0.25, 0.3) is 11.0 Å². The van der Waals surface area contributed by atoms with E-state index in [1.165, 1.54) is 44.1 Å². The van der Waals surface area contributed by atoms with Gasteiger partial charge in [-0.15, -0.1) is 0 Å². The molecule has 0 heterocycles. The zero-order chi connectivity index (χ0) is 20.1. The lowest BCUT2D eigenvalue weighted by Gasteiger charge is -2.19. The van der Waals surface area contributed by atoms with Crippen LogP contribution in [0.4, 0.5) is 0 Å². The van der Waals surface area contributed by atoms with E-state index in [1.54, 1.807) is 0 Å². The maximum absolute atomic E-state index is 10.8. The molecule has 0 saturated carbocycles. The highest BCUT2D eigenvalue weighted by Gasteiger charge is 2.14. The molecular formula is C23H40O3S. The van der Waals surface area contributed by atoms with Crippen molar-refractivity contribution in [2.75, 3.05) is 6.61 Å². The molecule has 1 aromatic rings. The first-order chi connectivity index (χ1) is 12.9. The maximum atomic E-state index is 10.8. The molecule has 3 atom stereocenters. The van der Waals surface area contributed by atoms with Crippen LogP contribution in [0.25, 0.3) is 0 Å². The molecule has 4 heteroatoms. The topological polar surface area (TPSA) is 43.4 Å². The number of hydrogen-bond acceptors (Lipinski definition) is 3. The fourth-order valence-corrected chi connectivity index (χ4v) is 3.99. The zero-order valence-corrected chi connectivity index (χ0v) is 18.6. The average molecular weight is 397 g/mol. The average Bonchev–Trinajstić information content (AvgIpc) is 2.62. The van der Waals surface area contributed by atoms with E-state index in [0.717, 1.165) is 24.7 Å². The molecular weight excluding hydrogens is 356 g/mol. The minimum absolute atomic E-state index is 0.150. The first-order valence-electron chi connectivity index (χ1n) is 10.7. The number of hydrogen-bond donors (Lipinski definition) is 1. The second kappa shape index (κ2) is 14.2. The highest BCUT2D eigenvalue weighted by atomic mass is 32.2. The van der Waals surface area contributed by atoms with Crippen LogP contribution in [0.3, 0.4) is 0 Å². The lowest BCUT2D eigenvalue weighted by Crippen LogP contribution is -2.10. The minimum Gasteiger partial charge on any atom is -0.272 e. The molecule has 156 valence electrons. The fraction of sp³-hybridized carbons (Fsp3) is 0.739. The summed E-state index contributed by atoms with van der Waals surface area (Å²) >= 11 is 0. The van der Waals surface area contributed by atoms with Crippen molar-refractivity contribution in [3.63, 3.8) is 0 Å². The van der Waals surface area contributed by atoms with Gasteiger partial charge in [-0.1, -0.05) is 103 Å². The molecule has 3 nitrogen and oxygen atoms in total. The van der Waals surface area contributed by atoms with Crippen LogP contribution in [0.1, 0.15) is 90.5 Å². The molecule has 0 saturated heterocycles. The highest BCUT2D eigenvalue weighted by Crippen LogP contribution is 2.26. The van der Waals surface area contributed by atoms with E-state index in [0.29, 0.717) is 5.92 Å². The Kier molecular flexibility index (Phi) is 12.7. The Balaban J connectivity index is 2.31. The Morgan fingerprint density at radius 3 is 1.89 bits per heavy atom. The van der Waals surface area contributed by atoms with Crippen molar-refractivity contribution in [3.05, 3.63) is 35.9 Å². The second-order valence-corrected chi connectivity index (χ2v) is 9.38. The van der Waals surface area contributed by atoms with Crippen LogP contribution in [-0.2, 0) is 15.2 Å². The van der Waals surface area contributed by atoms with Gasteiger partial charge in [-0.25, -0.2) is 8.42 Å². The molecule has 0 spiro atoms. The molecule has 0 radical (unpaired) electrons. The molecule has 1 aromatic carbocycles. The van der Waals surface area contributed by atoms with Gasteiger partial charge in [0, 0.05) is 5.92 Å². The first kappa shape index (κ1) is 24.2. The molecule has 0 aliphatic carbocycles. The van der Waals surface area contributed by atoms with Crippen molar-refractivity contribution in [3.8, 4) is 0 Å². The van der Waals surface area contributed by atoms with Crippen LogP contribution in [0.15, 0.2) is 30.3 Å². The third kappa shape index (κ3) is 12.2. The van der Waals surface area contributed by atoms with Gasteiger partial charge in [0.2, 0.25) is 0 Å². The van der Waals surface area contributed by atoms with Crippen molar-refractivity contribution < 1.29 is 12.6 Å². The Morgan fingerprint density at radius 1 is 0.778 bits per heavy atom. The summed E-state index contributed by atoms with van der Waals surface area (Å²) in [6.45, 7) is 9.56. The monoisotopic (exact) mass is 396 g/mol. The molecule has 27 heavy (non-hydrogen) atoms. The molecule has 0 aliphatic heterocycles. The van der Waals surface area contributed by atoms with E-state index in [-0.39, 0.29) is 12.5 Å². The van der Waals surface area contributed by atoms with Crippen molar-refractivity contribution in [2.24, 2.45) is 17.8 Å². The normalized spacial score (nSPS) is 15.2. The van der Waals surface area contributed by atoms with Gasteiger partial charge in [0.05, 0.1) is 6.61 Å². The van der Waals surface area contributed by atoms with E-state index < -0.39 is 11.0 Å². The molecule has 0 aromatic heterocycles. The Labute approximate surface area is 169 Å². The van der Waals surface area contributed by atoms with E-state index >= 15 is 0 Å². The number of benzene rings is 1. The summed E-state index contributed by atoms with van der Waals surface area (Å²) in [6, 6.07) is 10.1. The van der Waals surface area contributed by atoms with Crippen LogP contribution in [0, 0.1) is 17.8 Å². The predicted molar refractivity (Wildman–Crippen MR) is 116 cm³/mol. The van der Waals surface area contributed by atoms with Crippen LogP contribution in [-0.4, -0.2) is 15.0 Å². The van der Waals surface area contributed by atoms with Crippen molar-refractivity contribution in [1.82, 2.24) is 0 Å². The molecule has 0 aliphatic rings. The smallest absolute Gasteiger partial charge is 0.257 e. The van der Waals surface area contributed by atoms with Crippen LogP contribution in [0.5, 0.6) is 0 Å². The molecule has 0 amide bonds.